The van der Waals surface area contributed by atoms with Crippen molar-refractivity contribution in [3.05, 3.63) is 65.5 Å². The van der Waals surface area contributed by atoms with Crippen molar-refractivity contribution in [3.63, 3.8) is 0 Å². The number of carbonyl (C=O) groups is 1. The van der Waals surface area contributed by atoms with E-state index in [2.05, 4.69) is 0 Å². The lowest BCUT2D eigenvalue weighted by Gasteiger charge is -2.25. The zero-order chi connectivity index (χ0) is 21.0. The summed E-state index contributed by atoms with van der Waals surface area (Å²) < 4.78 is 37.7. The maximum Gasteiger partial charge on any atom is 0.227 e. The number of sulfone groups is 1. The molecule has 2 aromatic carbocycles. The van der Waals surface area contributed by atoms with Gasteiger partial charge in [0.2, 0.25) is 5.91 Å². The van der Waals surface area contributed by atoms with Crippen molar-refractivity contribution in [1.29, 1.82) is 0 Å². The van der Waals surface area contributed by atoms with Crippen LogP contribution < -0.4 is 0 Å². The highest BCUT2D eigenvalue weighted by Gasteiger charge is 2.24. The minimum Gasteiger partial charge on any atom is -0.342 e. The third-order valence-electron chi connectivity index (χ3n) is 5.59. The van der Waals surface area contributed by atoms with Gasteiger partial charge in [-0.1, -0.05) is 30.7 Å². The Hall–Kier alpha value is -2.21. The van der Waals surface area contributed by atoms with Crippen LogP contribution in [-0.4, -0.2) is 37.6 Å². The van der Waals surface area contributed by atoms with Crippen LogP contribution in [0.25, 0.3) is 0 Å². The minimum absolute atomic E-state index is 0.0403. The van der Waals surface area contributed by atoms with Gasteiger partial charge in [-0.15, -0.1) is 0 Å². The normalized spacial score (nSPS) is 17.9. The Labute approximate surface area is 172 Å². The molecule has 29 heavy (non-hydrogen) atoms. The molecule has 0 bridgehead atoms. The Morgan fingerprint density at radius 2 is 1.72 bits per heavy atom. The van der Waals surface area contributed by atoms with Gasteiger partial charge in [0.15, 0.2) is 9.84 Å². The number of amides is 1. The van der Waals surface area contributed by atoms with Crippen LogP contribution in [0.4, 0.5) is 4.39 Å². The topological polar surface area (TPSA) is 54.5 Å². The van der Waals surface area contributed by atoms with Crippen molar-refractivity contribution in [2.45, 2.75) is 55.6 Å². The highest BCUT2D eigenvalue weighted by molar-refractivity contribution is 7.92. The molecule has 0 aliphatic carbocycles. The third-order valence-corrected chi connectivity index (χ3v) is 7.76. The summed E-state index contributed by atoms with van der Waals surface area (Å²) in [5.41, 5.74) is 1.87. The lowest BCUT2D eigenvalue weighted by molar-refractivity contribution is -0.130. The monoisotopic (exact) mass is 417 g/mol. The van der Waals surface area contributed by atoms with Gasteiger partial charge in [-0.05, 0) is 62.1 Å². The average molecular weight is 418 g/mol. The molecule has 1 heterocycles. The van der Waals surface area contributed by atoms with E-state index in [-0.39, 0.29) is 29.0 Å². The van der Waals surface area contributed by atoms with Gasteiger partial charge in [0, 0.05) is 19.0 Å². The number of hydrogen-bond acceptors (Lipinski definition) is 3. The van der Waals surface area contributed by atoms with Crippen molar-refractivity contribution in [2.75, 3.05) is 13.1 Å². The van der Waals surface area contributed by atoms with Crippen LogP contribution in [0.15, 0.2) is 53.4 Å². The third kappa shape index (κ3) is 5.24. The SMILES string of the molecule is CC(C)S(=O)(=O)c1ccc(CC(=O)N2CCCC[C@H](c3ccc(F)cc3)C2)cc1. The minimum atomic E-state index is -3.31. The van der Waals surface area contributed by atoms with Crippen LogP contribution >= 0.6 is 0 Å². The number of hydrogen-bond donors (Lipinski definition) is 0. The maximum atomic E-state index is 13.2. The van der Waals surface area contributed by atoms with E-state index in [0.717, 1.165) is 36.9 Å². The molecule has 156 valence electrons. The van der Waals surface area contributed by atoms with E-state index >= 15 is 0 Å². The summed E-state index contributed by atoms with van der Waals surface area (Å²) in [6, 6.07) is 13.2. The van der Waals surface area contributed by atoms with Gasteiger partial charge in [0.05, 0.1) is 16.6 Å². The molecule has 1 saturated heterocycles. The standard InChI is InChI=1S/C23H28FNO3S/c1-17(2)29(27,28)22-12-6-18(7-13-22)15-23(26)25-14-4-3-5-20(16-25)19-8-10-21(24)11-9-19/h6-13,17,20H,3-5,14-16H2,1-2H3/t20-/m0/s1. The van der Waals surface area contributed by atoms with Crippen LogP contribution in [-0.2, 0) is 21.1 Å². The maximum absolute atomic E-state index is 13.2. The van der Waals surface area contributed by atoms with Crippen LogP contribution in [0.3, 0.4) is 0 Å². The zero-order valence-corrected chi connectivity index (χ0v) is 17.8. The smallest absolute Gasteiger partial charge is 0.227 e. The van der Waals surface area contributed by atoms with E-state index in [4.69, 9.17) is 0 Å². The molecule has 0 aromatic heterocycles. The highest BCUT2D eigenvalue weighted by Crippen LogP contribution is 2.27. The number of carbonyl (C=O) groups excluding carboxylic acids is 1. The first kappa shape index (κ1) is 21.5. The molecule has 1 fully saturated rings. The molecule has 0 N–H and O–H groups in total. The summed E-state index contributed by atoms with van der Waals surface area (Å²) in [7, 11) is -3.31. The van der Waals surface area contributed by atoms with E-state index in [0.29, 0.717) is 6.54 Å². The Morgan fingerprint density at radius 3 is 2.34 bits per heavy atom. The van der Waals surface area contributed by atoms with E-state index in [9.17, 15) is 17.6 Å². The van der Waals surface area contributed by atoms with E-state index in [1.54, 1.807) is 38.1 Å². The fourth-order valence-corrected chi connectivity index (χ4v) is 4.79. The fourth-order valence-electron chi connectivity index (χ4n) is 3.73. The van der Waals surface area contributed by atoms with E-state index < -0.39 is 15.1 Å². The molecule has 3 rings (SSSR count). The zero-order valence-electron chi connectivity index (χ0n) is 17.0. The summed E-state index contributed by atoms with van der Waals surface area (Å²) in [6.07, 6.45) is 3.22. The summed E-state index contributed by atoms with van der Waals surface area (Å²) in [6.45, 7) is 4.66. The molecule has 2 aromatic rings. The largest absolute Gasteiger partial charge is 0.342 e. The molecule has 0 unspecified atom stereocenters. The second-order valence-electron chi connectivity index (χ2n) is 8.00. The number of halogens is 1. The molecule has 0 saturated carbocycles. The lowest BCUT2D eigenvalue weighted by atomic mass is 9.94. The number of likely N-dealkylation sites (tertiary alicyclic amines) is 1. The van der Waals surface area contributed by atoms with Crippen molar-refractivity contribution >= 4 is 15.7 Å². The van der Waals surface area contributed by atoms with Gasteiger partial charge >= 0.3 is 0 Å². The van der Waals surface area contributed by atoms with Crippen LogP contribution in [0.1, 0.15) is 50.2 Å². The van der Waals surface area contributed by atoms with E-state index in [1.807, 2.05) is 17.0 Å². The molecular weight excluding hydrogens is 389 g/mol. The summed E-state index contributed by atoms with van der Waals surface area (Å²) in [4.78, 5) is 15.1. The highest BCUT2D eigenvalue weighted by atomic mass is 32.2. The number of nitrogens with zero attached hydrogens (tertiary/aromatic N) is 1. The molecular formula is C23H28FNO3S. The van der Waals surface area contributed by atoms with Crippen LogP contribution in [0.5, 0.6) is 0 Å². The van der Waals surface area contributed by atoms with Gasteiger partial charge in [-0.25, -0.2) is 12.8 Å². The first-order valence-corrected chi connectivity index (χ1v) is 11.7. The second-order valence-corrected chi connectivity index (χ2v) is 10.5. The fraction of sp³-hybridized carbons (Fsp3) is 0.435. The van der Waals surface area contributed by atoms with Crippen molar-refractivity contribution < 1.29 is 17.6 Å². The van der Waals surface area contributed by atoms with Gasteiger partial charge < -0.3 is 4.90 Å². The van der Waals surface area contributed by atoms with Gasteiger partial charge in [0.1, 0.15) is 5.82 Å². The predicted octanol–water partition coefficient (Wildman–Crippen LogP) is 4.35. The Balaban J connectivity index is 1.68. The van der Waals surface area contributed by atoms with Gasteiger partial charge in [-0.3, -0.25) is 4.79 Å². The first-order valence-electron chi connectivity index (χ1n) is 10.1. The summed E-state index contributed by atoms with van der Waals surface area (Å²) in [5.74, 6) is -0.00248. The Morgan fingerprint density at radius 1 is 1.07 bits per heavy atom. The van der Waals surface area contributed by atoms with Crippen molar-refractivity contribution in [2.24, 2.45) is 0 Å². The Kier molecular flexibility index (Phi) is 6.73. The molecule has 1 amide bonds. The van der Waals surface area contributed by atoms with Crippen molar-refractivity contribution in [1.82, 2.24) is 4.90 Å². The number of benzene rings is 2. The average Bonchev–Trinajstić information content (AvgIpc) is 2.95. The summed E-state index contributed by atoms with van der Waals surface area (Å²) in [5, 5.41) is -0.476. The van der Waals surface area contributed by atoms with Crippen LogP contribution in [0.2, 0.25) is 0 Å². The molecule has 6 heteroatoms. The molecule has 4 nitrogen and oxygen atoms in total. The van der Waals surface area contributed by atoms with E-state index in [1.165, 1.54) is 12.1 Å². The van der Waals surface area contributed by atoms with Crippen molar-refractivity contribution in [3.8, 4) is 0 Å². The summed E-state index contributed by atoms with van der Waals surface area (Å²) >= 11 is 0. The molecule has 1 aliphatic heterocycles. The Bertz CT molecular complexity index is 937. The van der Waals surface area contributed by atoms with Gasteiger partial charge in [0.25, 0.3) is 0 Å². The molecule has 1 atom stereocenters. The number of rotatable bonds is 5. The molecule has 0 spiro atoms. The lowest BCUT2D eigenvalue weighted by Crippen LogP contribution is -2.35. The first-order chi connectivity index (χ1) is 13.8. The molecule has 1 aliphatic rings. The second kappa shape index (κ2) is 9.08. The molecule has 0 radical (unpaired) electrons. The predicted molar refractivity (Wildman–Crippen MR) is 112 cm³/mol. The quantitative estimate of drug-likeness (QED) is 0.727. The van der Waals surface area contributed by atoms with Gasteiger partial charge in [-0.2, -0.15) is 0 Å². The van der Waals surface area contributed by atoms with Crippen LogP contribution in [0, 0.1) is 5.82 Å².